The lowest BCUT2D eigenvalue weighted by Gasteiger charge is -2.14. The normalized spacial score (nSPS) is 11.8. The molecule has 0 amide bonds. The summed E-state index contributed by atoms with van der Waals surface area (Å²) < 4.78 is 15.0. The lowest BCUT2D eigenvalue weighted by molar-refractivity contribution is -0.121. The van der Waals surface area contributed by atoms with Crippen molar-refractivity contribution in [3.05, 3.63) is 54.6 Å². The standard InChI is InChI=1S/C16H21NO4/c1-17(13-8-6-5-7-9-13)11-10-14(18)15(19-2)12-16(20-3)21-4/h5-12,15H,1-4H3. The van der Waals surface area contributed by atoms with Gasteiger partial charge in [-0.25, -0.2) is 0 Å². The maximum atomic E-state index is 12.1. The largest absolute Gasteiger partial charge is 0.469 e. The molecule has 0 aliphatic heterocycles. The highest BCUT2D eigenvalue weighted by molar-refractivity contribution is 5.95. The second kappa shape index (κ2) is 8.81. The number of hydrogen-bond acceptors (Lipinski definition) is 5. The lowest BCUT2D eigenvalue weighted by atomic mass is 10.2. The number of para-hydroxylation sites is 1. The zero-order valence-corrected chi connectivity index (χ0v) is 12.8. The SMILES string of the molecule is COC(=CC(OC)C(=O)C=CN(C)c1ccccc1)OC. The van der Waals surface area contributed by atoms with E-state index in [0.29, 0.717) is 0 Å². The number of carbonyl (C=O) groups excluding carboxylic acids is 1. The molecule has 0 saturated carbocycles. The number of ether oxygens (including phenoxy) is 3. The molecular formula is C16H21NO4. The van der Waals surface area contributed by atoms with Gasteiger partial charge in [-0.15, -0.1) is 0 Å². The summed E-state index contributed by atoms with van der Waals surface area (Å²) in [5.41, 5.74) is 0.987. The second-order valence-electron chi connectivity index (χ2n) is 4.21. The van der Waals surface area contributed by atoms with E-state index in [4.69, 9.17) is 14.2 Å². The molecule has 1 atom stereocenters. The highest BCUT2D eigenvalue weighted by Crippen LogP contribution is 2.11. The van der Waals surface area contributed by atoms with E-state index in [1.54, 1.807) is 6.20 Å². The van der Waals surface area contributed by atoms with Crippen LogP contribution < -0.4 is 4.90 Å². The van der Waals surface area contributed by atoms with Gasteiger partial charge in [0.25, 0.3) is 5.95 Å². The minimum absolute atomic E-state index is 0.202. The average molecular weight is 291 g/mol. The molecule has 0 heterocycles. The van der Waals surface area contributed by atoms with E-state index in [1.165, 1.54) is 33.5 Å². The molecule has 1 unspecified atom stereocenters. The van der Waals surface area contributed by atoms with Crippen LogP contribution in [0.1, 0.15) is 0 Å². The summed E-state index contributed by atoms with van der Waals surface area (Å²) in [5.74, 6) is 0.0342. The van der Waals surface area contributed by atoms with Crippen molar-refractivity contribution >= 4 is 11.5 Å². The Labute approximate surface area is 125 Å². The molecule has 0 aliphatic carbocycles. The van der Waals surface area contributed by atoms with Crippen LogP contribution in [0, 0.1) is 0 Å². The molecule has 1 aromatic carbocycles. The fourth-order valence-electron chi connectivity index (χ4n) is 1.64. The predicted molar refractivity (Wildman–Crippen MR) is 81.9 cm³/mol. The van der Waals surface area contributed by atoms with E-state index < -0.39 is 6.10 Å². The van der Waals surface area contributed by atoms with Crippen molar-refractivity contribution in [1.29, 1.82) is 0 Å². The number of hydrogen-bond donors (Lipinski definition) is 0. The van der Waals surface area contributed by atoms with Crippen LogP contribution in [0.15, 0.2) is 54.6 Å². The molecule has 5 heteroatoms. The maximum absolute atomic E-state index is 12.1. The Balaban J connectivity index is 2.74. The Bertz CT molecular complexity index is 490. The third-order valence-corrected chi connectivity index (χ3v) is 2.85. The van der Waals surface area contributed by atoms with Crippen LogP contribution in [0.2, 0.25) is 0 Å². The smallest absolute Gasteiger partial charge is 0.277 e. The first kappa shape index (κ1) is 16.8. The van der Waals surface area contributed by atoms with Crippen LogP contribution in [0.5, 0.6) is 0 Å². The molecule has 5 nitrogen and oxygen atoms in total. The third-order valence-electron chi connectivity index (χ3n) is 2.85. The van der Waals surface area contributed by atoms with E-state index in [-0.39, 0.29) is 11.7 Å². The van der Waals surface area contributed by atoms with Gasteiger partial charge in [-0.05, 0) is 12.1 Å². The highest BCUT2D eigenvalue weighted by atomic mass is 16.7. The summed E-state index contributed by atoms with van der Waals surface area (Å²) in [4.78, 5) is 13.9. The monoisotopic (exact) mass is 291 g/mol. The molecule has 0 radical (unpaired) electrons. The van der Waals surface area contributed by atoms with Crippen molar-refractivity contribution < 1.29 is 19.0 Å². The highest BCUT2D eigenvalue weighted by Gasteiger charge is 2.14. The van der Waals surface area contributed by atoms with Crippen molar-refractivity contribution in [3.8, 4) is 0 Å². The van der Waals surface area contributed by atoms with Crippen molar-refractivity contribution in [3.63, 3.8) is 0 Å². The molecule has 0 N–H and O–H groups in total. The molecule has 0 fully saturated rings. The first-order chi connectivity index (χ1) is 10.1. The Hall–Kier alpha value is -2.27. The molecule has 0 saturated heterocycles. The molecule has 0 bridgehead atoms. The molecule has 1 aromatic rings. The topological polar surface area (TPSA) is 48.0 Å². The van der Waals surface area contributed by atoms with Crippen LogP contribution in [0.3, 0.4) is 0 Å². The number of ketones is 1. The van der Waals surface area contributed by atoms with Gasteiger partial charge in [-0.1, -0.05) is 18.2 Å². The maximum Gasteiger partial charge on any atom is 0.277 e. The Morgan fingerprint density at radius 2 is 1.76 bits per heavy atom. The number of nitrogens with zero attached hydrogens (tertiary/aromatic N) is 1. The van der Waals surface area contributed by atoms with E-state index in [0.717, 1.165) is 5.69 Å². The number of anilines is 1. The summed E-state index contributed by atoms with van der Waals surface area (Å²) >= 11 is 0. The first-order valence-corrected chi connectivity index (χ1v) is 6.45. The fourth-order valence-corrected chi connectivity index (χ4v) is 1.64. The van der Waals surface area contributed by atoms with Crippen molar-refractivity contribution in [1.82, 2.24) is 0 Å². The van der Waals surface area contributed by atoms with Gasteiger partial charge in [-0.3, -0.25) is 4.79 Å². The van der Waals surface area contributed by atoms with E-state index in [1.807, 2.05) is 42.3 Å². The van der Waals surface area contributed by atoms with Crippen LogP contribution in [0.25, 0.3) is 0 Å². The molecule has 1 rings (SSSR count). The summed E-state index contributed by atoms with van der Waals surface area (Å²) in [6.45, 7) is 0. The zero-order valence-electron chi connectivity index (χ0n) is 12.8. The molecule has 0 aromatic heterocycles. The Morgan fingerprint density at radius 1 is 1.14 bits per heavy atom. The zero-order chi connectivity index (χ0) is 15.7. The number of benzene rings is 1. The second-order valence-corrected chi connectivity index (χ2v) is 4.21. The quantitative estimate of drug-likeness (QED) is 0.543. The van der Waals surface area contributed by atoms with E-state index in [9.17, 15) is 4.79 Å². The predicted octanol–water partition coefficient (Wildman–Crippen LogP) is 2.35. The minimum Gasteiger partial charge on any atom is -0.469 e. The van der Waals surface area contributed by atoms with Crippen LogP contribution >= 0.6 is 0 Å². The fraction of sp³-hybridized carbons (Fsp3) is 0.312. The number of methoxy groups -OCH3 is 3. The molecule has 0 spiro atoms. The molecular weight excluding hydrogens is 270 g/mol. The van der Waals surface area contributed by atoms with E-state index >= 15 is 0 Å². The lowest BCUT2D eigenvalue weighted by Crippen LogP contribution is -2.20. The van der Waals surface area contributed by atoms with Gasteiger partial charge in [-0.2, -0.15) is 0 Å². The first-order valence-electron chi connectivity index (χ1n) is 6.45. The number of carbonyl (C=O) groups is 1. The van der Waals surface area contributed by atoms with Crippen molar-refractivity contribution in [2.24, 2.45) is 0 Å². The summed E-state index contributed by atoms with van der Waals surface area (Å²) in [6.07, 6.45) is 3.88. The minimum atomic E-state index is -0.750. The summed E-state index contributed by atoms with van der Waals surface area (Å²) in [6, 6.07) is 9.72. The summed E-state index contributed by atoms with van der Waals surface area (Å²) in [5, 5.41) is 0. The third kappa shape index (κ3) is 5.31. The van der Waals surface area contributed by atoms with Gasteiger partial charge in [0.15, 0.2) is 5.78 Å². The van der Waals surface area contributed by atoms with E-state index in [2.05, 4.69) is 0 Å². The van der Waals surface area contributed by atoms with Gasteiger partial charge in [0, 0.05) is 38.2 Å². The molecule has 21 heavy (non-hydrogen) atoms. The van der Waals surface area contributed by atoms with Crippen molar-refractivity contribution in [2.75, 3.05) is 33.3 Å². The van der Waals surface area contributed by atoms with Gasteiger partial charge in [0.05, 0.1) is 14.2 Å². The van der Waals surface area contributed by atoms with Gasteiger partial charge in [0.1, 0.15) is 6.10 Å². The van der Waals surface area contributed by atoms with Crippen LogP contribution in [-0.2, 0) is 19.0 Å². The van der Waals surface area contributed by atoms with Crippen molar-refractivity contribution in [2.45, 2.75) is 6.10 Å². The summed E-state index contributed by atoms with van der Waals surface area (Å²) in [7, 11) is 6.25. The molecule has 0 aliphatic rings. The van der Waals surface area contributed by atoms with Crippen LogP contribution in [-0.4, -0.2) is 40.3 Å². The van der Waals surface area contributed by atoms with Gasteiger partial charge in [0.2, 0.25) is 0 Å². The Kier molecular flexibility index (Phi) is 7.04. The van der Waals surface area contributed by atoms with Gasteiger partial charge >= 0.3 is 0 Å². The van der Waals surface area contributed by atoms with Gasteiger partial charge < -0.3 is 19.1 Å². The Morgan fingerprint density at radius 3 is 2.29 bits per heavy atom. The average Bonchev–Trinajstić information content (AvgIpc) is 2.54. The van der Waals surface area contributed by atoms with Crippen LogP contribution in [0.4, 0.5) is 5.69 Å². The molecule has 114 valence electrons. The number of rotatable bonds is 8.